The molecule has 0 N–H and O–H groups in total. The van der Waals surface area contributed by atoms with Gasteiger partial charge in [-0.05, 0) is 19.1 Å². The Morgan fingerprint density at radius 1 is 1.07 bits per heavy atom. The minimum absolute atomic E-state index is 0.0469. The summed E-state index contributed by atoms with van der Waals surface area (Å²) in [5.41, 5.74) is 1.73. The first-order valence-electron chi connectivity index (χ1n) is 8.29. The topological polar surface area (TPSA) is 88.6 Å². The molecule has 11 heteroatoms. The molecule has 0 aliphatic carbocycles. The molecule has 2 aromatic heterocycles. The number of aliphatic imine (C=N–C) groups is 1. The standard InChI is InChI=1S/C18H12Cl3N7O/c1-9-5-14(25-27(9)2)24-16-15(13-8-22-3-4-23-13)26-28(18(16)29)17-11(20)6-10(19)7-12(17)21/h3-8H,1-2H3. The average Bonchev–Trinajstić information content (AvgIpc) is 3.15. The fourth-order valence-corrected chi connectivity index (χ4v) is 3.67. The molecule has 8 nitrogen and oxygen atoms in total. The molecule has 146 valence electrons. The number of anilines is 1. The average molecular weight is 449 g/mol. The number of benzene rings is 1. The first-order chi connectivity index (χ1) is 13.8. The predicted molar refractivity (Wildman–Crippen MR) is 113 cm³/mol. The Labute approximate surface area is 180 Å². The lowest BCUT2D eigenvalue weighted by Crippen LogP contribution is -2.28. The van der Waals surface area contributed by atoms with Crippen LogP contribution in [-0.2, 0) is 11.8 Å². The van der Waals surface area contributed by atoms with Gasteiger partial charge in [0.05, 0.1) is 16.2 Å². The molecule has 0 fully saturated rings. The zero-order valence-electron chi connectivity index (χ0n) is 15.1. The van der Waals surface area contributed by atoms with Crippen LogP contribution in [0.4, 0.5) is 11.5 Å². The number of carbonyl (C=O) groups is 1. The summed E-state index contributed by atoms with van der Waals surface area (Å²) in [6, 6.07) is 4.71. The number of hydrogen-bond donors (Lipinski definition) is 0. The third-order valence-corrected chi connectivity index (χ3v) is 4.94. The molecule has 1 aliphatic rings. The maximum absolute atomic E-state index is 13.2. The molecule has 0 unspecified atom stereocenters. The number of nitrogens with zero attached hydrogens (tertiary/aromatic N) is 7. The van der Waals surface area contributed by atoms with E-state index in [4.69, 9.17) is 34.8 Å². The van der Waals surface area contributed by atoms with E-state index in [1.54, 1.807) is 17.8 Å². The van der Waals surface area contributed by atoms with E-state index in [0.29, 0.717) is 16.5 Å². The van der Waals surface area contributed by atoms with E-state index in [-0.39, 0.29) is 27.2 Å². The summed E-state index contributed by atoms with van der Waals surface area (Å²) < 4.78 is 1.66. The maximum Gasteiger partial charge on any atom is 0.299 e. The molecule has 3 heterocycles. The summed E-state index contributed by atoms with van der Waals surface area (Å²) in [6.45, 7) is 1.88. The second kappa shape index (κ2) is 7.55. The van der Waals surface area contributed by atoms with Gasteiger partial charge in [-0.25, -0.2) is 4.99 Å². The van der Waals surface area contributed by atoms with Crippen LogP contribution in [0.5, 0.6) is 0 Å². The SMILES string of the molecule is Cc1cc(N=C2C(=O)N(c3c(Cl)cc(Cl)cc3Cl)N=C2c2cnccn2)nn1C. The Hall–Kier alpha value is -2.81. The molecule has 0 saturated carbocycles. The Morgan fingerprint density at radius 3 is 2.38 bits per heavy atom. The number of halogens is 3. The van der Waals surface area contributed by atoms with Crippen molar-refractivity contribution in [2.24, 2.45) is 17.1 Å². The number of hydrogen-bond acceptors (Lipinski definition) is 6. The van der Waals surface area contributed by atoms with Crippen LogP contribution in [0.25, 0.3) is 0 Å². The van der Waals surface area contributed by atoms with Crippen LogP contribution >= 0.6 is 34.8 Å². The van der Waals surface area contributed by atoms with Gasteiger partial charge in [0.25, 0.3) is 5.91 Å². The van der Waals surface area contributed by atoms with Crippen LogP contribution < -0.4 is 5.01 Å². The van der Waals surface area contributed by atoms with Crippen LogP contribution in [-0.4, -0.2) is 37.1 Å². The van der Waals surface area contributed by atoms with E-state index in [0.717, 1.165) is 10.7 Å². The summed E-state index contributed by atoms with van der Waals surface area (Å²) in [6.07, 6.45) is 4.50. The number of hydrazone groups is 1. The molecule has 0 saturated heterocycles. The quantitative estimate of drug-likeness (QED) is 0.606. The molecule has 1 aliphatic heterocycles. The highest BCUT2D eigenvalue weighted by Gasteiger charge is 2.37. The molecule has 29 heavy (non-hydrogen) atoms. The van der Waals surface area contributed by atoms with Crippen LogP contribution in [0.1, 0.15) is 11.4 Å². The van der Waals surface area contributed by atoms with Gasteiger partial charge in [-0.15, -0.1) is 0 Å². The summed E-state index contributed by atoms with van der Waals surface area (Å²) >= 11 is 18.6. The lowest BCUT2D eigenvalue weighted by molar-refractivity contribution is -0.112. The van der Waals surface area contributed by atoms with Gasteiger partial charge >= 0.3 is 0 Å². The fraction of sp³-hybridized carbons (Fsp3) is 0.111. The third-order valence-electron chi connectivity index (χ3n) is 4.15. The third kappa shape index (κ3) is 3.62. The van der Waals surface area contributed by atoms with E-state index in [2.05, 4.69) is 25.2 Å². The predicted octanol–water partition coefficient (Wildman–Crippen LogP) is 4.00. The Balaban J connectivity index is 1.88. The normalized spacial score (nSPS) is 15.3. The zero-order chi connectivity index (χ0) is 20.7. The second-order valence-corrected chi connectivity index (χ2v) is 7.35. The van der Waals surface area contributed by atoms with Crippen LogP contribution in [0.2, 0.25) is 15.1 Å². The van der Waals surface area contributed by atoms with E-state index in [1.807, 2.05) is 6.92 Å². The highest BCUT2D eigenvalue weighted by molar-refractivity contribution is 6.74. The lowest BCUT2D eigenvalue weighted by atomic mass is 10.1. The van der Waals surface area contributed by atoms with Crippen molar-refractivity contribution >= 4 is 63.6 Å². The second-order valence-electron chi connectivity index (χ2n) is 6.10. The van der Waals surface area contributed by atoms with Gasteiger partial charge in [0, 0.05) is 36.2 Å². The molecular weight excluding hydrogens is 437 g/mol. The fourth-order valence-electron chi connectivity index (χ4n) is 2.69. The molecule has 3 aromatic rings. The van der Waals surface area contributed by atoms with Gasteiger partial charge in [0.1, 0.15) is 17.1 Å². The van der Waals surface area contributed by atoms with Gasteiger partial charge < -0.3 is 0 Å². The van der Waals surface area contributed by atoms with Crippen molar-refractivity contribution < 1.29 is 4.79 Å². The minimum atomic E-state index is -0.528. The van der Waals surface area contributed by atoms with Gasteiger partial charge in [-0.1, -0.05) is 34.8 Å². The van der Waals surface area contributed by atoms with Gasteiger partial charge in [-0.2, -0.15) is 15.2 Å². The smallest absolute Gasteiger partial charge is 0.271 e. The molecule has 0 radical (unpaired) electrons. The Morgan fingerprint density at radius 2 is 1.79 bits per heavy atom. The molecule has 1 amide bonds. The summed E-state index contributed by atoms with van der Waals surface area (Å²) in [5.74, 6) is -0.167. The first-order valence-corrected chi connectivity index (χ1v) is 9.42. The van der Waals surface area contributed by atoms with Crippen molar-refractivity contribution in [3.05, 3.63) is 63.2 Å². The molecule has 4 rings (SSSR count). The number of rotatable bonds is 3. The minimum Gasteiger partial charge on any atom is -0.271 e. The van der Waals surface area contributed by atoms with Crippen LogP contribution in [0, 0.1) is 6.92 Å². The first kappa shape index (κ1) is 19.5. The van der Waals surface area contributed by atoms with Crippen molar-refractivity contribution in [3.8, 4) is 0 Å². The van der Waals surface area contributed by atoms with Crippen molar-refractivity contribution in [1.82, 2.24) is 19.7 Å². The zero-order valence-corrected chi connectivity index (χ0v) is 17.4. The summed E-state index contributed by atoms with van der Waals surface area (Å²) in [7, 11) is 1.78. The van der Waals surface area contributed by atoms with E-state index >= 15 is 0 Å². The largest absolute Gasteiger partial charge is 0.299 e. The lowest BCUT2D eigenvalue weighted by Gasteiger charge is -2.15. The number of aryl methyl sites for hydroxylation is 2. The number of amides is 1. The maximum atomic E-state index is 13.2. The summed E-state index contributed by atoms with van der Waals surface area (Å²) in [4.78, 5) is 25.9. The monoisotopic (exact) mass is 447 g/mol. The highest BCUT2D eigenvalue weighted by Crippen LogP contribution is 2.38. The number of carbonyl (C=O) groups excluding carboxylic acids is 1. The van der Waals surface area contributed by atoms with Crippen LogP contribution in [0.15, 0.2) is 46.9 Å². The summed E-state index contributed by atoms with van der Waals surface area (Å²) in [5, 5.41) is 10.4. The molecule has 0 bridgehead atoms. The van der Waals surface area contributed by atoms with Crippen LogP contribution in [0.3, 0.4) is 0 Å². The van der Waals surface area contributed by atoms with Crippen molar-refractivity contribution in [3.63, 3.8) is 0 Å². The van der Waals surface area contributed by atoms with Gasteiger partial charge in [-0.3, -0.25) is 19.4 Å². The van der Waals surface area contributed by atoms with Gasteiger partial charge in [0.15, 0.2) is 11.5 Å². The Kier molecular flexibility index (Phi) is 5.08. The van der Waals surface area contributed by atoms with Crippen molar-refractivity contribution in [1.29, 1.82) is 0 Å². The van der Waals surface area contributed by atoms with Crippen molar-refractivity contribution in [2.45, 2.75) is 6.92 Å². The van der Waals surface area contributed by atoms with E-state index in [1.165, 1.54) is 30.7 Å². The molecule has 0 atom stereocenters. The van der Waals surface area contributed by atoms with Crippen molar-refractivity contribution in [2.75, 3.05) is 5.01 Å². The van der Waals surface area contributed by atoms with E-state index in [9.17, 15) is 4.79 Å². The molecular formula is C18H12Cl3N7O. The Bertz CT molecular complexity index is 1140. The van der Waals surface area contributed by atoms with Gasteiger partial charge in [0.2, 0.25) is 0 Å². The molecule has 1 aromatic carbocycles. The number of aromatic nitrogens is 4. The highest BCUT2D eigenvalue weighted by atomic mass is 35.5. The van der Waals surface area contributed by atoms with E-state index < -0.39 is 5.91 Å². The molecule has 0 spiro atoms.